The number of amides is 1. The summed E-state index contributed by atoms with van der Waals surface area (Å²) in [4.78, 5) is 24.5. The summed E-state index contributed by atoms with van der Waals surface area (Å²) in [5.41, 5.74) is 0.625. The second kappa shape index (κ2) is 7.28. The summed E-state index contributed by atoms with van der Waals surface area (Å²) >= 11 is 0. The summed E-state index contributed by atoms with van der Waals surface area (Å²) in [5, 5.41) is 12.9. The number of ether oxygens (including phenoxy) is 2. The highest BCUT2D eigenvalue weighted by atomic mass is 19.1. The number of alkyl carbamates (subject to hydrolysis) is 1. The predicted octanol–water partition coefficient (Wildman–Crippen LogP) is 2.80. The van der Waals surface area contributed by atoms with Crippen molar-refractivity contribution in [3.63, 3.8) is 0 Å². The molecule has 0 saturated carbocycles. The molecule has 0 bridgehead atoms. The lowest BCUT2D eigenvalue weighted by molar-refractivity contribution is 0.131. The van der Waals surface area contributed by atoms with Gasteiger partial charge in [-0.15, -0.1) is 0 Å². The van der Waals surface area contributed by atoms with Gasteiger partial charge in [-0.25, -0.2) is 9.18 Å². The number of methoxy groups -OCH3 is 1. The van der Waals surface area contributed by atoms with Crippen LogP contribution in [-0.2, 0) is 11.3 Å². The number of aromatic nitrogens is 1. The van der Waals surface area contributed by atoms with Crippen LogP contribution < -0.4 is 15.6 Å². The third-order valence-electron chi connectivity index (χ3n) is 4.83. The van der Waals surface area contributed by atoms with Gasteiger partial charge in [0.1, 0.15) is 29.3 Å². The highest BCUT2D eigenvalue weighted by Gasteiger charge is 2.26. The summed E-state index contributed by atoms with van der Waals surface area (Å²) in [6.45, 7) is 0.342. The lowest BCUT2D eigenvalue weighted by Gasteiger charge is -2.18. The van der Waals surface area contributed by atoms with Crippen molar-refractivity contribution in [3.8, 4) is 22.9 Å². The van der Waals surface area contributed by atoms with Crippen molar-refractivity contribution in [2.45, 2.75) is 12.6 Å². The highest BCUT2D eigenvalue weighted by molar-refractivity contribution is 5.98. The Morgan fingerprint density at radius 3 is 2.79 bits per heavy atom. The molecule has 0 aliphatic carbocycles. The normalized spacial score (nSPS) is 15.6. The van der Waals surface area contributed by atoms with Gasteiger partial charge in [0, 0.05) is 10.9 Å². The highest BCUT2D eigenvalue weighted by Crippen LogP contribution is 2.33. The molecule has 2 aromatic carbocycles. The van der Waals surface area contributed by atoms with Gasteiger partial charge in [-0.1, -0.05) is 12.1 Å². The number of benzene rings is 2. The average molecular weight is 393 g/mol. The molecule has 0 radical (unpaired) electrons. The molecule has 3 aromatic rings. The van der Waals surface area contributed by atoms with E-state index in [0.717, 1.165) is 0 Å². The van der Waals surface area contributed by atoms with Gasteiger partial charge in [-0.3, -0.25) is 4.79 Å². The molecule has 0 spiro atoms. The van der Waals surface area contributed by atoms with Gasteiger partial charge >= 0.3 is 6.09 Å². The van der Waals surface area contributed by atoms with E-state index < -0.39 is 23.6 Å². The van der Waals surface area contributed by atoms with E-state index in [9.17, 15) is 19.2 Å². The van der Waals surface area contributed by atoms with Gasteiger partial charge in [0.2, 0.25) is 0 Å². The zero-order valence-corrected chi connectivity index (χ0v) is 15.4. The van der Waals surface area contributed by atoms with Crippen molar-refractivity contribution in [3.05, 3.63) is 64.2 Å². The van der Waals surface area contributed by atoms with Crippen molar-refractivity contribution in [2.24, 2.45) is 0 Å². The fraction of sp³-hybridized carbons (Fsp3) is 0.190. The minimum Gasteiger partial charge on any atom is -0.497 e. The lowest BCUT2D eigenvalue weighted by atomic mass is 9.96. The second-order valence-corrected chi connectivity index (χ2v) is 6.58. The number of hydrogen-bond acceptors (Lipinski definition) is 5. The van der Waals surface area contributed by atoms with Crippen LogP contribution in [0.3, 0.4) is 0 Å². The van der Waals surface area contributed by atoms with Crippen molar-refractivity contribution in [2.75, 3.05) is 13.7 Å². The first-order chi connectivity index (χ1) is 14.0. The van der Waals surface area contributed by atoms with E-state index in [1.54, 1.807) is 24.3 Å². The van der Waals surface area contributed by atoms with Crippen LogP contribution in [0.4, 0.5) is 9.18 Å². The molecule has 1 atom stereocenters. The molecule has 1 unspecified atom stereocenters. The van der Waals surface area contributed by atoms with Crippen LogP contribution in [0.15, 0.2) is 47.3 Å². The Kier molecular flexibility index (Phi) is 4.64. The Morgan fingerprint density at radius 1 is 1.31 bits per heavy atom. The lowest BCUT2D eigenvalue weighted by Crippen LogP contribution is -2.31. The van der Waals surface area contributed by atoms with E-state index in [2.05, 4.69) is 5.32 Å². The number of nitrogens with one attached hydrogen (secondary N) is 1. The third kappa shape index (κ3) is 3.27. The first-order valence-electron chi connectivity index (χ1n) is 8.87. The molecule has 7 nitrogen and oxygen atoms in total. The van der Waals surface area contributed by atoms with Crippen molar-refractivity contribution in [1.29, 1.82) is 5.26 Å². The van der Waals surface area contributed by atoms with Gasteiger partial charge < -0.3 is 19.4 Å². The number of carbonyl (C=O) groups is 1. The molecule has 1 amide bonds. The van der Waals surface area contributed by atoms with Gasteiger partial charge in [-0.2, -0.15) is 5.26 Å². The Balaban J connectivity index is 2.02. The minimum absolute atomic E-state index is 0.0819. The van der Waals surface area contributed by atoms with Crippen LogP contribution in [0.25, 0.3) is 22.0 Å². The molecule has 4 rings (SSSR count). The second-order valence-electron chi connectivity index (χ2n) is 6.58. The summed E-state index contributed by atoms with van der Waals surface area (Å²) in [6.07, 6.45) is -1.09. The topological polar surface area (TPSA) is 93.4 Å². The van der Waals surface area contributed by atoms with E-state index in [1.165, 1.54) is 29.9 Å². The Hall–Kier alpha value is -3.86. The van der Waals surface area contributed by atoms with Crippen LogP contribution in [0.1, 0.15) is 5.56 Å². The Bertz CT molecular complexity index is 1230. The number of rotatable bonds is 4. The minimum atomic E-state index is -0.550. The van der Waals surface area contributed by atoms with Crippen molar-refractivity contribution in [1.82, 2.24) is 9.88 Å². The third-order valence-corrected chi connectivity index (χ3v) is 4.83. The molecular formula is C21H16FN3O4. The van der Waals surface area contributed by atoms with E-state index >= 15 is 0 Å². The fourth-order valence-corrected chi connectivity index (χ4v) is 3.53. The number of nitriles is 1. The molecule has 1 aliphatic rings. The van der Waals surface area contributed by atoms with Gasteiger partial charge in [0.15, 0.2) is 0 Å². The molecule has 8 heteroatoms. The largest absolute Gasteiger partial charge is 0.497 e. The predicted molar refractivity (Wildman–Crippen MR) is 103 cm³/mol. The van der Waals surface area contributed by atoms with E-state index in [4.69, 9.17) is 9.47 Å². The molecule has 1 N–H and O–H groups in total. The van der Waals surface area contributed by atoms with Crippen LogP contribution >= 0.6 is 0 Å². The molecular weight excluding hydrogens is 377 g/mol. The molecule has 2 heterocycles. The van der Waals surface area contributed by atoms with Gasteiger partial charge in [-0.05, 0) is 35.9 Å². The first kappa shape index (κ1) is 18.5. The first-order valence-corrected chi connectivity index (χ1v) is 8.87. The van der Waals surface area contributed by atoms with E-state index in [1.807, 2.05) is 6.07 Å². The maximum atomic E-state index is 13.9. The van der Waals surface area contributed by atoms with E-state index in [0.29, 0.717) is 27.8 Å². The van der Waals surface area contributed by atoms with Gasteiger partial charge in [0.05, 0.1) is 25.7 Å². The maximum absolute atomic E-state index is 13.9. The monoisotopic (exact) mass is 393 g/mol. The number of hydrogen-bond donors (Lipinski definition) is 1. The number of nitrogens with zero attached hydrogens (tertiary/aromatic N) is 2. The van der Waals surface area contributed by atoms with Gasteiger partial charge in [0.25, 0.3) is 5.56 Å². The number of pyridine rings is 1. The van der Waals surface area contributed by atoms with E-state index in [-0.39, 0.29) is 18.7 Å². The number of carbonyl (C=O) groups excluding carboxylic acids is 1. The fourth-order valence-electron chi connectivity index (χ4n) is 3.53. The molecule has 1 fully saturated rings. The van der Waals surface area contributed by atoms with Crippen LogP contribution in [0.5, 0.6) is 5.75 Å². The number of fused-ring (bicyclic) bond motifs is 1. The zero-order chi connectivity index (χ0) is 20.5. The molecule has 146 valence electrons. The standard InChI is InChI=1S/C21H16FN3O4/c1-28-14-5-6-18-16(8-14)19(12-3-2-4-13(22)7-12)17(9-23)20(26)25(18)11-15-10-24-21(27)29-15/h2-8,15H,10-11H2,1H3,(H,24,27). The quantitative estimate of drug-likeness (QED) is 0.736. The van der Waals surface area contributed by atoms with Crippen molar-refractivity contribution >= 4 is 17.0 Å². The Morgan fingerprint density at radius 2 is 2.14 bits per heavy atom. The summed E-state index contributed by atoms with van der Waals surface area (Å²) < 4.78 is 25.7. The summed E-state index contributed by atoms with van der Waals surface area (Å²) in [7, 11) is 1.51. The molecule has 1 aliphatic heterocycles. The maximum Gasteiger partial charge on any atom is 0.407 e. The van der Waals surface area contributed by atoms with Crippen molar-refractivity contribution < 1.29 is 18.7 Å². The number of cyclic esters (lactones) is 1. The molecule has 29 heavy (non-hydrogen) atoms. The molecule has 1 saturated heterocycles. The Labute approximate surface area is 164 Å². The average Bonchev–Trinajstić information content (AvgIpc) is 3.13. The SMILES string of the molecule is COc1ccc2c(c1)c(-c1cccc(F)c1)c(C#N)c(=O)n2CC1CNC(=O)O1. The van der Waals surface area contributed by atoms with Crippen LogP contribution in [0.2, 0.25) is 0 Å². The van der Waals surface area contributed by atoms with Crippen LogP contribution in [0, 0.1) is 17.1 Å². The summed E-state index contributed by atoms with van der Waals surface area (Å²) in [6, 6.07) is 12.8. The molecule has 1 aromatic heterocycles. The smallest absolute Gasteiger partial charge is 0.407 e. The summed E-state index contributed by atoms with van der Waals surface area (Å²) in [5.74, 6) is 0.0498. The number of halogens is 1. The zero-order valence-electron chi connectivity index (χ0n) is 15.4. The van der Waals surface area contributed by atoms with Crippen LogP contribution in [-0.4, -0.2) is 30.4 Å².